The van der Waals surface area contributed by atoms with Gasteiger partial charge in [-0.3, -0.25) is 9.79 Å². The van der Waals surface area contributed by atoms with Gasteiger partial charge < -0.3 is 20.0 Å². The third-order valence-electron chi connectivity index (χ3n) is 4.53. The Morgan fingerprint density at radius 2 is 2.08 bits per heavy atom. The minimum Gasteiger partial charge on any atom is -0.363 e. The van der Waals surface area contributed by atoms with Gasteiger partial charge in [0.2, 0.25) is 5.91 Å². The van der Waals surface area contributed by atoms with E-state index in [2.05, 4.69) is 43.0 Å². The molecule has 0 bridgehead atoms. The molecule has 0 aromatic carbocycles. The van der Waals surface area contributed by atoms with Crippen LogP contribution in [0, 0.1) is 0 Å². The average Bonchev–Trinajstić information content (AvgIpc) is 2.53. The largest absolute Gasteiger partial charge is 0.363 e. The number of anilines is 1. The van der Waals surface area contributed by atoms with Crippen molar-refractivity contribution in [1.29, 1.82) is 0 Å². The molecule has 1 aliphatic heterocycles. The number of nitrogens with one attached hydrogen (secondary N) is 1. The lowest BCUT2D eigenvalue weighted by atomic mass is 9.96. The highest BCUT2D eigenvalue weighted by molar-refractivity contribution is 5.88. The lowest BCUT2D eigenvalue weighted by molar-refractivity contribution is -0.145. The van der Waals surface area contributed by atoms with E-state index >= 15 is 0 Å². The fourth-order valence-electron chi connectivity index (χ4n) is 3.63. The van der Waals surface area contributed by atoms with Crippen LogP contribution in [0.1, 0.15) is 33.4 Å². The Bertz CT molecular complexity index is 668. The molecule has 0 spiro atoms. The molecule has 1 amide bonds. The molecule has 2 rings (SSSR count). The number of aliphatic imine (C=N–C) groups is 1. The van der Waals surface area contributed by atoms with Gasteiger partial charge in [-0.2, -0.15) is 0 Å². The molecule has 0 unspecified atom stereocenters. The zero-order valence-corrected chi connectivity index (χ0v) is 17.1. The van der Waals surface area contributed by atoms with Gasteiger partial charge in [0.05, 0.1) is 24.3 Å². The Morgan fingerprint density at radius 1 is 1.38 bits per heavy atom. The number of piperazine rings is 1. The molecule has 1 fully saturated rings. The third kappa shape index (κ3) is 4.45. The lowest BCUT2D eigenvalue weighted by Gasteiger charge is -2.49. The maximum absolute atomic E-state index is 12.7. The van der Waals surface area contributed by atoms with Crippen LogP contribution >= 0.6 is 0 Å². The Hall–Kier alpha value is -2.31. The maximum Gasteiger partial charge on any atom is 0.242 e. The summed E-state index contributed by atoms with van der Waals surface area (Å²) in [7, 11) is 5.69. The van der Waals surface area contributed by atoms with E-state index in [9.17, 15) is 4.79 Å². The Balaban J connectivity index is 2.08. The fraction of sp³-hybridized carbons (Fsp3) is 0.632. The van der Waals surface area contributed by atoms with Gasteiger partial charge in [0.25, 0.3) is 0 Å². The number of carbonyl (C=O) groups excluding carboxylic acids is 1. The summed E-state index contributed by atoms with van der Waals surface area (Å²) in [6.07, 6.45) is 0. The number of rotatable bonds is 4. The van der Waals surface area contributed by atoms with E-state index in [1.807, 2.05) is 47.0 Å². The van der Waals surface area contributed by atoms with Crippen molar-refractivity contribution in [2.45, 2.75) is 45.8 Å². The van der Waals surface area contributed by atoms with Crippen LogP contribution in [0.4, 0.5) is 5.82 Å². The van der Waals surface area contributed by atoms with Crippen molar-refractivity contribution in [3.8, 4) is 0 Å². The number of hydrogen-bond acceptors (Lipinski definition) is 4. The Kier molecular flexibility index (Phi) is 6.10. The molecule has 1 saturated heterocycles. The van der Waals surface area contributed by atoms with Crippen LogP contribution in [-0.2, 0) is 11.3 Å². The van der Waals surface area contributed by atoms with Gasteiger partial charge in [0, 0.05) is 33.7 Å². The molecule has 7 heteroatoms. The van der Waals surface area contributed by atoms with Gasteiger partial charge >= 0.3 is 0 Å². The molecule has 7 nitrogen and oxygen atoms in total. The van der Waals surface area contributed by atoms with Crippen molar-refractivity contribution in [1.82, 2.24) is 20.1 Å². The molecule has 1 aromatic rings. The molecule has 1 N–H and O–H groups in total. The normalized spacial score (nSPS) is 17.7. The van der Waals surface area contributed by atoms with Gasteiger partial charge in [-0.05, 0) is 39.8 Å². The first kappa shape index (κ1) is 20.0. The Labute approximate surface area is 157 Å². The quantitative estimate of drug-likeness (QED) is 0.652. The van der Waals surface area contributed by atoms with Gasteiger partial charge in [0.1, 0.15) is 5.82 Å². The second-order valence-electron chi connectivity index (χ2n) is 7.81. The summed E-state index contributed by atoms with van der Waals surface area (Å²) >= 11 is 0. The number of hydrogen-bond donors (Lipinski definition) is 1. The maximum atomic E-state index is 12.7. The zero-order chi connectivity index (χ0) is 19.5. The van der Waals surface area contributed by atoms with Gasteiger partial charge in [-0.1, -0.05) is 6.07 Å². The second kappa shape index (κ2) is 7.93. The van der Waals surface area contributed by atoms with Crippen LogP contribution in [0.5, 0.6) is 0 Å². The molecule has 0 saturated carbocycles. The minimum absolute atomic E-state index is 0.131. The van der Waals surface area contributed by atoms with Crippen LogP contribution in [0.3, 0.4) is 0 Å². The minimum atomic E-state index is -0.246. The van der Waals surface area contributed by atoms with Crippen LogP contribution in [0.25, 0.3) is 0 Å². The summed E-state index contributed by atoms with van der Waals surface area (Å²) in [4.78, 5) is 27.6. The number of aromatic nitrogens is 1. The highest BCUT2D eigenvalue weighted by Crippen LogP contribution is 2.24. The van der Waals surface area contributed by atoms with Crippen molar-refractivity contribution in [3.63, 3.8) is 0 Å². The molecule has 1 aromatic heterocycles. The number of guanidine groups is 1. The first-order chi connectivity index (χ1) is 12.2. The molecular formula is C19H32N6O. The van der Waals surface area contributed by atoms with Crippen molar-refractivity contribution in [2.24, 2.45) is 4.99 Å². The van der Waals surface area contributed by atoms with Crippen LogP contribution < -0.4 is 10.2 Å². The molecular weight excluding hydrogens is 328 g/mol. The van der Waals surface area contributed by atoms with E-state index in [0.717, 1.165) is 24.0 Å². The van der Waals surface area contributed by atoms with Gasteiger partial charge in [-0.25, -0.2) is 4.98 Å². The van der Waals surface area contributed by atoms with E-state index in [-0.39, 0.29) is 17.5 Å². The molecule has 0 atom stereocenters. The first-order valence-corrected chi connectivity index (χ1v) is 9.06. The van der Waals surface area contributed by atoms with E-state index in [4.69, 9.17) is 0 Å². The molecule has 26 heavy (non-hydrogen) atoms. The predicted octanol–water partition coefficient (Wildman–Crippen LogP) is 1.55. The Morgan fingerprint density at radius 3 is 2.62 bits per heavy atom. The standard InChI is InChI=1S/C19H32N6O/c1-14(2)25-17(26)12-24(13-19(25,3)4)18(20-5)21-11-15-9-8-10-16(22-15)23(6)7/h8-10,14H,11-13H2,1-7H3,(H,20,21). The SMILES string of the molecule is CN=C(NCc1cccc(N(C)C)n1)N1CC(=O)N(C(C)C)C(C)(C)C1. The lowest BCUT2D eigenvalue weighted by Crippen LogP contribution is -2.66. The molecule has 144 valence electrons. The zero-order valence-electron chi connectivity index (χ0n) is 17.1. The highest BCUT2D eigenvalue weighted by atomic mass is 16.2. The van der Waals surface area contributed by atoms with Crippen molar-refractivity contribution in [2.75, 3.05) is 39.1 Å². The second-order valence-corrected chi connectivity index (χ2v) is 7.81. The van der Waals surface area contributed by atoms with E-state index in [1.165, 1.54) is 0 Å². The molecule has 0 radical (unpaired) electrons. The van der Waals surface area contributed by atoms with Crippen LogP contribution in [-0.4, -0.2) is 72.5 Å². The summed E-state index contributed by atoms with van der Waals surface area (Å²) < 4.78 is 0. The summed E-state index contributed by atoms with van der Waals surface area (Å²) in [6.45, 7) is 9.97. The van der Waals surface area contributed by atoms with E-state index < -0.39 is 0 Å². The molecule has 0 aliphatic carbocycles. The van der Waals surface area contributed by atoms with Gasteiger partial charge in [-0.15, -0.1) is 0 Å². The first-order valence-electron chi connectivity index (χ1n) is 9.06. The van der Waals surface area contributed by atoms with Crippen LogP contribution in [0.15, 0.2) is 23.2 Å². The molecule has 2 heterocycles. The fourth-order valence-corrected chi connectivity index (χ4v) is 3.63. The van der Waals surface area contributed by atoms with Gasteiger partial charge in [0.15, 0.2) is 5.96 Å². The summed E-state index contributed by atoms with van der Waals surface area (Å²) in [5.74, 6) is 1.78. The smallest absolute Gasteiger partial charge is 0.242 e. The van der Waals surface area contributed by atoms with E-state index in [0.29, 0.717) is 13.1 Å². The topological polar surface area (TPSA) is 64.1 Å². The number of pyridine rings is 1. The van der Waals surface area contributed by atoms with Crippen molar-refractivity contribution < 1.29 is 4.79 Å². The molecule has 1 aliphatic rings. The number of carbonyl (C=O) groups is 1. The predicted molar refractivity (Wildman–Crippen MR) is 106 cm³/mol. The van der Waals surface area contributed by atoms with Crippen molar-refractivity contribution >= 4 is 17.7 Å². The number of nitrogens with zero attached hydrogens (tertiary/aromatic N) is 5. The van der Waals surface area contributed by atoms with E-state index in [1.54, 1.807) is 7.05 Å². The average molecular weight is 361 g/mol. The highest BCUT2D eigenvalue weighted by Gasteiger charge is 2.40. The summed E-state index contributed by atoms with van der Waals surface area (Å²) in [6, 6.07) is 6.15. The summed E-state index contributed by atoms with van der Waals surface area (Å²) in [5.41, 5.74) is 0.688. The van der Waals surface area contributed by atoms with Crippen LogP contribution in [0.2, 0.25) is 0 Å². The monoisotopic (exact) mass is 360 g/mol. The number of amides is 1. The summed E-state index contributed by atoms with van der Waals surface area (Å²) in [5, 5.41) is 3.35. The third-order valence-corrected chi connectivity index (χ3v) is 4.53. The van der Waals surface area contributed by atoms with Crippen molar-refractivity contribution in [3.05, 3.63) is 23.9 Å².